The Kier molecular flexibility index (Phi) is 3.82. The smallest absolute Gasteiger partial charge is 0.182 e. The summed E-state index contributed by atoms with van der Waals surface area (Å²) in [6.07, 6.45) is 5.86. The highest BCUT2D eigenvalue weighted by molar-refractivity contribution is 7.91. The fourth-order valence-electron chi connectivity index (χ4n) is 2.60. The number of sulfone groups is 1. The Morgan fingerprint density at radius 1 is 1.44 bits per heavy atom. The average molecular weight is 289 g/mol. The Balaban J connectivity index is 2.43. The molecule has 1 saturated carbocycles. The summed E-state index contributed by atoms with van der Waals surface area (Å²) in [4.78, 5) is 2.36. The molecule has 0 saturated heterocycles. The summed E-state index contributed by atoms with van der Waals surface area (Å²) < 4.78 is 27.7. The van der Waals surface area contributed by atoms with Gasteiger partial charge in [-0.1, -0.05) is 12.8 Å². The van der Waals surface area contributed by atoms with E-state index in [4.69, 9.17) is 5.73 Å². The van der Waals surface area contributed by atoms with Gasteiger partial charge in [-0.3, -0.25) is 0 Å². The van der Waals surface area contributed by atoms with Crippen LogP contribution in [0.25, 0.3) is 0 Å². The summed E-state index contributed by atoms with van der Waals surface area (Å²) in [5, 5.41) is 0.712. The number of nitrogen functional groups attached to an aromatic ring is 1. The van der Waals surface area contributed by atoms with E-state index in [0.717, 1.165) is 19.4 Å². The van der Waals surface area contributed by atoms with Crippen LogP contribution in [0.15, 0.2) is 4.90 Å². The van der Waals surface area contributed by atoms with Crippen LogP contribution in [0.1, 0.15) is 32.6 Å². The number of nitrogens with two attached hydrogens (primary N) is 1. The summed E-state index contributed by atoms with van der Waals surface area (Å²) in [6.45, 7) is 2.83. The van der Waals surface area contributed by atoms with E-state index in [9.17, 15) is 8.42 Å². The van der Waals surface area contributed by atoms with Crippen molar-refractivity contribution >= 4 is 32.2 Å². The maximum atomic E-state index is 11.8. The number of hydrogen-bond donors (Lipinski definition) is 1. The molecule has 0 atom stereocenters. The molecule has 0 radical (unpaired) electrons. The zero-order chi connectivity index (χ0) is 13.3. The van der Waals surface area contributed by atoms with Gasteiger partial charge in [-0.25, -0.2) is 8.42 Å². The second-order valence-electron chi connectivity index (χ2n) is 4.70. The molecule has 0 amide bonds. The van der Waals surface area contributed by atoms with Crippen LogP contribution in [-0.4, -0.2) is 31.6 Å². The van der Waals surface area contributed by atoms with Gasteiger partial charge in [0.15, 0.2) is 15.7 Å². The van der Waals surface area contributed by atoms with Crippen molar-refractivity contribution in [1.82, 2.24) is 4.37 Å². The molecule has 1 aliphatic carbocycles. The number of nitrogens with zero attached hydrogens (tertiary/aromatic N) is 2. The van der Waals surface area contributed by atoms with Crippen molar-refractivity contribution in [3.63, 3.8) is 0 Å². The van der Waals surface area contributed by atoms with E-state index in [2.05, 4.69) is 9.27 Å². The number of anilines is 2. The van der Waals surface area contributed by atoms with Gasteiger partial charge in [0.05, 0.1) is 0 Å². The van der Waals surface area contributed by atoms with Gasteiger partial charge < -0.3 is 10.6 Å². The van der Waals surface area contributed by atoms with Gasteiger partial charge in [-0.05, 0) is 31.3 Å². The Hall–Kier alpha value is -0.820. The molecule has 0 bridgehead atoms. The Morgan fingerprint density at radius 3 is 2.56 bits per heavy atom. The topological polar surface area (TPSA) is 76.3 Å². The van der Waals surface area contributed by atoms with Crippen LogP contribution in [0.4, 0.5) is 10.8 Å². The van der Waals surface area contributed by atoms with Crippen molar-refractivity contribution in [3.05, 3.63) is 0 Å². The van der Waals surface area contributed by atoms with Gasteiger partial charge in [0, 0.05) is 18.8 Å². The van der Waals surface area contributed by atoms with E-state index in [1.165, 1.54) is 30.6 Å². The summed E-state index contributed by atoms with van der Waals surface area (Å²) in [7, 11) is -3.32. The van der Waals surface area contributed by atoms with Crippen molar-refractivity contribution in [2.45, 2.75) is 43.5 Å². The Bertz CT molecular complexity index is 518. The number of rotatable bonds is 4. The highest BCUT2D eigenvalue weighted by Gasteiger charge is 2.29. The van der Waals surface area contributed by atoms with Gasteiger partial charge in [0.25, 0.3) is 0 Å². The van der Waals surface area contributed by atoms with Crippen LogP contribution in [0.5, 0.6) is 0 Å². The first-order chi connectivity index (χ1) is 8.45. The van der Waals surface area contributed by atoms with E-state index in [-0.39, 0.29) is 10.7 Å². The summed E-state index contributed by atoms with van der Waals surface area (Å²) in [5.74, 6) is 0.133. The lowest BCUT2D eigenvalue weighted by Gasteiger charge is -2.28. The quantitative estimate of drug-likeness (QED) is 0.916. The largest absolute Gasteiger partial charge is 0.382 e. The Labute approximate surface area is 112 Å². The van der Waals surface area contributed by atoms with Crippen LogP contribution in [-0.2, 0) is 9.84 Å². The lowest BCUT2D eigenvalue weighted by Crippen LogP contribution is -2.33. The normalized spacial score (nSPS) is 17.2. The van der Waals surface area contributed by atoms with Crippen LogP contribution in [0.3, 0.4) is 0 Å². The van der Waals surface area contributed by atoms with E-state index < -0.39 is 9.84 Å². The van der Waals surface area contributed by atoms with Crippen molar-refractivity contribution in [3.8, 4) is 0 Å². The molecule has 18 heavy (non-hydrogen) atoms. The highest BCUT2D eigenvalue weighted by Crippen LogP contribution is 2.38. The maximum absolute atomic E-state index is 11.8. The highest BCUT2D eigenvalue weighted by atomic mass is 32.2. The zero-order valence-corrected chi connectivity index (χ0v) is 12.4. The Morgan fingerprint density at radius 2 is 2.06 bits per heavy atom. The molecule has 0 unspecified atom stereocenters. The predicted octanol–water partition coefficient (Wildman–Crippen LogP) is 1.90. The molecule has 102 valence electrons. The van der Waals surface area contributed by atoms with Crippen molar-refractivity contribution in [1.29, 1.82) is 0 Å². The summed E-state index contributed by atoms with van der Waals surface area (Å²) >= 11 is 1.19. The molecule has 1 aliphatic rings. The van der Waals surface area contributed by atoms with E-state index in [1.807, 2.05) is 6.92 Å². The first kappa shape index (κ1) is 13.6. The predicted molar refractivity (Wildman–Crippen MR) is 74.9 cm³/mol. The third kappa shape index (κ3) is 2.47. The molecule has 1 aromatic rings. The lowest BCUT2D eigenvalue weighted by atomic mass is 10.2. The van der Waals surface area contributed by atoms with Gasteiger partial charge in [0.2, 0.25) is 0 Å². The van der Waals surface area contributed by atoms with Crippen LogP contribution in [0.2, 0.25) is 0 Å². The van der Waals surface area contributed by atoms with Crippen LogP contribution >= 0.6 is 11.5 Å². The monoisotopic (exact) mass is 289 g/mol. The summed E-state index contributed by atoms with van der Waals surface area (Å²) in [6, 6.07) is 0.426. The van der Waals surface area contributed by atoms with Crippen molar-refractivity contribution < 1.29 is 8.42 Å². The van der Waals surface area contributed by atoms with Gasteiger partial charge in [-0.2, -0.15) is 4.37 Å². The minimum Gasteiger partial charge on any atom is -0.382 e. The second-order valence-corrected chi connectivity index (χ2v) is 7.40. The minimum atomic E-state index is -3.32. The maximum Gasteiger partial charge on any atom is 0.182 e. The van der Waals surface area contributed by atoms with Gasteiger partial charge in [-0.15, -0.1) is 0 Å². The molecular weight excluding hydrogens is 270 g/mol. The molecule has 0 spiro atoms. The van der Waals surface area contributed by atoms with Crippen LogP contribution < -0.4 is 10.6 Å². The third-order valence-electron chi connectivity index (χ3n) is 3.40. The zero-order valence-electron chi connectivity index (χ0n) is 10.7. The fourth-order valence-corrected chi connectivity index (χ4v) is 4.93. The molecule has 1 aromatic heterocycles. The molecule has 0 aliphatic heterocycles. The van der Waals surface area contributed by atoms with Crippen LogP contribution in [0, 0.1) is 0 Å². The summed E-state index contributed by atoms with van der Waals surface area (Å²) in [5.41, 5.74) is 5.71. The average Bonchev–Trinajstić information content (AvgIpc) is 2.88. The molecule has 7 heteroatoms. The second kappa shape index (κ2) is 5.05. The van der Waals surface area contributed by atoms with Gasteiger partial charge >= 0.3 is 0 Å². The molecule has 0 aromatic carbocycles. The molecule has 2 rings (SSSR count). The molecular formula is C11H19N3O2S2. The van der Waals surface area contributed by atoms with E-state index in [0.29, 0.717) is 11.0 Å². The van der Waals surface area contributed by atoms with E-state index >= 15 is 0 Å². The van der Waals surface area contributed by atoms with E-state index in [1.54, 1.807) is 0 Å². The first-order valence-electron chi connectivity index (χ1n) is 6.17. The lowest BCUT2D eigenvalue weighted by molar-refractivity contribution is 0.597. The first-order valence-corrected chi connectivity index (χ1v) is 8.83. The van der Waals surface area contributed by atoms with Crippen molar-refractivity contribution in [2.24, 2.45) is 0 Å². The van der Waals surface area contributed by atoms with Gasteiger partial charge in [0.1, 0.15) is 9.90 Å². The SMILES string of the molecule is CCN(c1snc(N)c1S(C)(=O)=O)C1CCCC1. The minimum absolute atomic E-state index is 0.133. The fraction of sp³-hybridized carbons (Fsp3) is 0.727. The molecule has 5 nitrogen and oxygen atoms in total. The van der Waals surface area contributed by atoms with Crippen molar-refractivity contribution in [2.75, 3.05) is 23.4 Å². The molecule has 2 N–H and O–H groups in total. The number of hydrogen-bond acceptors (Lipinski definition) is 6. The molecule has 1 fully saturated rings. The molecule has 1 heterocycles. The number of aromatic nitrogens is 1. The third-order valence-corrected chi connectivity index (χ3v) is 5.57. The standard InChI is InChI=1S/C11H19N3O2S2/c1-3-14(8-6-4-5-7-8)11-9(18(2,15)16)10(12)13-17-11/h8H,3-7H2,1-2H3,(H2,12,13).